The van der Waals surface area contributed by atoms with Crippen molar-refractivity contribution < 1.29 is 4.79 Å². The van der Waals surface area contributed by atoms with Gasteiger partial charge in [-0.3, -0.25) is 4.79 Å². The number of amides is 1. The minimum Gasteiger partial charge on any atom is -0.339 e. The molecular formula is C14H16BrClINO. The van der Waals surface area contributed by atoms with Crippen LogP contribution in [0.1, 0.15) is 30.1 Å². The molecule has 1 saturated heterocycles. The maximum absolute atomic E-state index is 12.5. The first-order chi connectivity index (χ1) is 8.99. The van der Waals surface area contributed by atoms with Gasteiger partial charge in [-0.1, -0.05) is 34.5 Å². The molecule has 1 aliphatic rings. The molecule has 2 rings (SSSR count). The Kier molecular flexibility index (Phi) is 5.55. The zero-order valence-electron chi connectivity index (χ0n) is 10.7. The number of carbonyl (C=O) groups excluding carboxylic acids is 1. The van der Waals surface area contributed by atoms with E-state index in [2.05, 4.69) is 45.4 Å². The molecule has 1 fully saturated rings. The summed E-state index contributed by atoms with van der Waals surface area (Å²) in [4.78, 5) is 15.0. The van der Waals surface area contributed by atoms with Gasteiger partial charge >= 0.3 is 0 Å². The topological polar surface area (TPSA) is 20.3 Å². The molecule has 19 heavy (non-hydrogen) atoms. The van der Waals surface area contributed by atoms with Gasteiger partial charge in [0.2, 0.25) is 0 Å². The third kappa shape index (κ3) is 3.85. The fraction of sp³-hybridized carbons (Fsp3) is 0.500. The summed E-state index contributed by atoms with van der Waals surface area (Å²) in [6.07, 6.45) is 2.13. The van der Waals surface area contributed by atoms with Crippen molar-refractivity contribution in [1.29, 1.82) is 0 Å². The number of piperidine rings is 1. The molecule has 0 bridgehead atoms. The largest absolute Gasteiger partial charge is 0.339 e. The molecule has 0 radical (unpaired) electrons. The predicted molar refractivity (Wildman–Crippen MR) is 91.2 cm³/mol. The van der Waals surface area contributed by atoms with E-state index in [0.717, 1.165) is 35.1 Å². The first-order valence-corrected chi connectivity index (χ1v) is 8.74. The second-order valence-corrected chi connectivity index (χ2v) is 7.97. The Balaban J connectivity index is 2.07. The first-order valence-electron chi connectivity index (χ1n) is 6.37. The van der Waals surface area contributed by atoms with E-state index in [0.29, 0.717) is 15.8 Å². The summed E-state index contributed by atoms with van der Waals surface area (Å²) in [5.41, 5.74) is 0.721. The Labute approximate surface area is 141 Å². The fourth-order valence-electron chi connectivity index (χ4n) is 2.39. The quantitative estimate of drug-likeness (QED) is 0.471. The maximum Gasteiger partial charge on any atom is 0.254 e. The highest BCUT2D eigenvalue weighted by molar-refractivity contribution is 14.1. The molecular weight excluding hydrogens is 440 g/mol. The van der Waals surface area contributed by atoms with Crippen LogP contribution in [0.25, 0.3) is 0 Å². The second kappa shape index (κ2) is 6.76. The van der Waals surface area contributed by atoms with Crippen molar-refractivity contribution in [3.8, 4) is 0 Å². The summed E-state index contributed by atoms with van der Waals surface area (Å²) in [6, 6.07) is 5.48. The molecule has 1 unspecified atom stereocenters. The lowest BCUT2D eigenvalue weighted by Crippen LogP contribution is -2.40. The number of carbonyl (C=O) groups is 1. The highest BCUT2D eigenvalue weighted by Gasteiger charge is 2.26. The van der Waals surface area contributed by atoms with Gasteiger partial charge in [0, 0.05) is 26.5 Å². The zero-order chi connectivity index (χ0) is 14.0. The summed E-state index contributed by atoms with van der Waals surface area (Å²) >= 11 is 11.8. The van der Waals surface area contributed by atoms with Gasteiger partial charge in [0.1, 0.15) is 0 Å². The van der Waals surface area contributed by atoms with Crippen molar-refractivity contribution in [2.75, 3.05) is 13.1 Å². The highest BCUT2D eigenvalue weighted by atomic mass is 127. The van der Waals surface area contributed by atoms with Gasteiger partial charge in [0.25, 0.3) is 5.91 Å². The van der Waals surface area contributed by atoms with Gasteiger partial charge in [0.15, 0.2) is 0 Å². The molecule has 0 aromatic heterocycles. The monoisotopic (exact) mass is 455 g/mol. The van der Waals surface area contributed by atoms with E-state index in [-0.39, 0.29) is 5.91 Å². The van der Waals surface area contributed by atoms with Gasteiger partial charge in [0.05, 0.1) is 5.56 Å². The molecule has 1 amide bonds. The van der Waals surface area contributed by atoms with Crippen molar-refractivity contribution in [2.24, 2.45) is 5.92 Å². The summed E-state index contributed by atoms with van der Waals surface area (Å²) in [5, 5.41) is 0.618. The Morgan fingerprint density at radius 2 is 2.11 bits per heavy atom. The molecule has 1 atom stereocenters. The SMILES string of the molecule is CC(Br)C1CCN(C(=O)c2cc(Cl)ccc2I)CC1. The van der Waals surface area contributed by atoms with Gasteiger partial charge in [-0.15, -0.1) is 0 Å². The molecule has 0 spiro atoms. The van der Waals surface area contributed by atoms with E-state index in [1.807, 2.05) is 17.0 Å². The Hall–Kier alpha value is 0.190. The van der Waals surface area contributed by atoms with Gasteiger partial charge in [-0.2, -0.15) is 0 Å². The van der Waals surface area contributed by atoms with E-state index >= 15 is 0 Å². The smallest absolute Gasteiger partial charge is 0.254 e. The normalized spacial score (nSPS) is 18.4. The fourth-order valence-corrected chi connectivity index (χ4v) is 3.66. The van der Waals surface area contributed by atoms with Crippen LogP contribution in [0, 0.1) is 9.49 Å². The van der Waals surface area contributed by atoms with Crippen molar-refractivity contribution in [1.82, 2.24) is 4.90 Å². The van der Waals surface area contributed by atoms with Gasteiger partial charge < -0.3 is 4.90 Å². The Morgan fingerprint density at radius 1 is 1.47 bits per heavy atom. The van der Waals surface area contributed by atoms with Crippen LogP contribution in [0.5, 0.6) is 0 Å². The average molecular weight is 457 g/mol. The molecule has 0 aliphatic carbocycles. The third-order valence-corrected chi connectivity index (χ3v) is 5.56. The molecule has 0 saturated carbocycles. The van der Waals surface area contributed by atoms with E-state index in [9.17, 15) is 4.79 Å². The van der Waals surface area contributed by atoms with Crippen LogP contribution in [0.2, 0.25) is 5.02 Å². The molecule has 104 valence electrons. The van der Waals surface area contributed by atoms with Crippen molar-refractivity contribution in [3.63, 3.8) is 0 Å². The second-order valence-electron chi connectivity index (χ2n) is 4.93. The van der Waals surface area contributed by atoms with E-state index in [1.54, 1.807) is 6.07 Å². The van der Waals surface area contributed by atoms with Crippen LogP contribution in [-0.4, -0.2) is 28.7 Å². The maximum atomic E-state index is 12.5. The number of rotatable bonds is 2. The predicted octanol–water partition coefficient (Wildman–Crippen LogP) is 4.58. The highest BCUT2D eigenvalue weighted by Crippen LogP contribution is 2.27. The number of alkyl halides is 1. The Bertz CT molecular complexity index is 473. The number of hydrogen-bond acceptors (Lipinski definition) is 1. The molecule has 1 aliphatic heterocycles. The summed E-state index contributed by atoms with van der Waals surface area (Å²) < 4.78 is 0.961. The summed E-state index contributed by atoms with van der Waals surface area (Å²) in [5.74, 6) is 0.773. The van der Waals surface area contributed by atoms with Gasteiger partial charge in [-0.25, -0.2) is 0 Å². The number of halogens is 3. The van der Waals surface area contributed by atoms with Crippen LogP contribution >= 0.6 is 50.1 Å². The number of likely N-dealkylation sites (tertiary alicyclic amines) is 1. The average Bonchev–Trinajstić information content (AvgIpc) is 2.41. The number of benzene rings is 1. The van der Waals surface area contributed by atoms with Crippen LogP contribution in [0.4, 0.5) is 0 Å². The molecule has 5 heteroatoms. The number of nitrogens with zero attached hydrogens (tertiary/aromatic N) is 1. The number of hydrogen-bond donors (Lipinski definition) is 0. The summed E-state index contributed by atoms with van der Waals surface area (Å²) in [6.45, 7) is 3.85. The minimum absolute atomic E-state index is 0.104. The minimum atomic E-state index is 0.104. The van der Waals surface area contributed by atoms with Crippen LogP contribution in [0.15, 0.2) is 18.2 Å². The summed E-state index contributed by atoms with van der Waals surface area (Å²) in [7, 11) is 0. The van der Waals surface area contributed by atoms with E-state index in [1.165, 1.54) is 0 Å². The molecule has 1 heterocycles. The molecule has 0 N–H and O–H groups in total. The molecule has 1 aromatic carbocycles. The third-order valence-electron chi connectivity index (χ3n) is 3.64. The lowest BCUT2D eigenvalue weighted by molar-refractivity contribution is 0.0690. The van der Waals surface area contributed by atoms with Crippen molar-refractivity contribution in [2.45, 2.75) is 24.6 Å². The molecule has 1 aromatic rings. The van der Waals surface area contributed by atoms with E-state index < -0.39 is 0 Å². The zero-order valence-corrected chi connectivity index (χ0v) is 15.2. The van der Waals surface area contributed by atoms with Crippen molar-refractivity contribution >= 4 is 56.0 Å². The Morgan fingerprint density at radius 3 is 2.68 bits per heavy atom. The lowest BCUT2D eigenvalue weighted by Gasteiger charge is -2.33. The van der Waals surface area contributed by atoms with Crippen molar-refractivity contribution in [3.05, 3.63) is 32.4 Å². The van der Waals surface area contributed by atoms with Gasteiger partial charge in [-0.05, 0) is 59.5 Å². The van der Waals surface area contributed by atoms with Crippen LogP contribution < -0.4 is 0 Å². The standard InChI is InChI=1S/C14H16BrClINO/c1-9(15)10-4-6-18(7-5-10)14(19)12-8-11(16)2-3-13(12)17/h2-3,8-10H,4-7H2,1H3. The lowest BCUT2D eigenvalue weighted by atomic mass is 9.94. The molecule has 2 nitrogen and oxygen atoms in total. The van der Waals surface area contributed by atoms with E-state index in [4.69, 9.17) is 11.6 Å². The van der Waals surface area contributed by atoms with Crippen LogP contribution in [0.3, 0.4) is 0 Å². The first kappa shape index (κ1) is 15.6. The van der Waals surface area contributed by atoms with Crippen LogP contribution in [-0.2, 0) is 0 Å².